The van der Waals surface area contributed by atoms with Crippen molar-refractivity contribution in [2.45, 2.75) is 32.0 Å². The molecule has 1 aliphatic heterocycles. The quantitative estimate of drug-likeness (QED) is 0.672. The van der Waals surface area contributed by atoms with E-state index in [1.54, 1.807) is 7.11 Å². The summed E-state index contributed by atoms with van der Waals surface area (Å²) in [4.78, 5) is 2.49. The number of rotatable bonds is 9. The second kappa shape index (κ2) is 9.50. The number of aromatic nitrogens is 2. The Balaban J connectivity index is 1.38. The molecule has 0 spiro atoms. The van der Waals surface area contributed by atoms with Gasteiger partial charge >= 0.3 is 6.01 Å². The summed E-state index contributed by atoms with van der Waals surface area (Å²) >= 11 is 0. The fourth-order valence-electron chi connectivity index (χ4n) is 3.00. The first-order chi connectivity index (χ1) is 12.3. The number of nitrogens with one attached hydrogen (secondary N) is 2. The van der Waals surface area contributed by atoms with Crippen LogP contribution in [-0.2, 0) is 17.8 Å². The lowest BCUT2D eigenvalue weighted by Gasteiger charge is -2.31. The first-order valence-corrected chi connectivity index (χ1v) is 8.88. The van der Waals surface area contributed by atoms with E-state index in [4.69, 9.17) is 9.15 Å². The van der Waals surface area contributed by atoms with Crippen molar-refractivity contribution < 1.29 is 9.15 Å². The molecule has 1 saturated heterocycles. The topological polar surface area (TPSA) is 75.5 Å². The Morgan fingerprint density at radius 1 is 1.20 bits per heavy atom. The van der Waals surface area contributed by atoms with Gasteiger partial charge in [0.25, 0.3) is 0 Å². The smallest absolute Gasteiger partial charge is 0.315 e. The monoisotopic (exact) mass is 345 g/mol. The van der Waals surface area contributed by atoms with Crippen molar-refractivity contribution in [3.05, 3.63) is 41.8 Å². The van der Waals surface area contributed by atoms with Crippen molar-refractivity contribution in [3.63, 3.8) is 0 Å². The largest absolute Gasteiger partial charge is 0.407 e. The highest BCUT2D eigenvalue weighted by atomic mass is 16.5. The van der Waals surface area contributed by atoms with Crippen LogP contribution in [0.3, 0.4) is 0 Å². The van der Waals surface area contributed by atoms with Gasteiger partial charge in [-0.25, -0.2) is 0 Å². The third-order valence-corrected chi connectivity index (χ3v) is 4.39. The van der Waals surface area contributed by atoms with Crippen molar-refractivity contribution in [1.29, 1.82) is 0 Å². The van der Waals surface area contributed by atoms with Crippen LogP contribution in [0.15, 0.2) is 34.7 Å². The molecule has 0 saturated carbocycles. The molecule has 0 amide bonds. The highest BCUT2D eigenvalue weighted by molar-refractivity contribution is 5.20. The number of hydrogen-bond acceptors (Lipinski definition) is 7. The van der Waals surface area contributed by atoms with Gasteiger partial charge in [0.1, 0.15) is 0 Å². The predicted octanol–water partition coefficient (Wildman–Crippen LogP) is 1.88. The minimum absolute atomic E-state index is 0.391. The molecule has 0 aliphatic carbocycles. The molecule has 2 heterocycles. The van der Waals surface area contributed by atoms with E-state index in [9.17, 15) is 0 Å². The number of piperidine rings is 1. The molecule has 25 heavy (non-hydrogen) atoms. The maximum Gasteiger partial charge on any atom is 0.315 e. The van der Waals surface area contributed by atoms with Crippen molar-refractivity contribution >= 4 is 6.01 Å². The standard InChI is InChI=1S/C18H27N5O2/c1-24-12-9-19-13-17-21-22-18(25-17)20-16-7-10-23(11-8-16)14-15-5-3-2-4-6-15/h2-6,16,19H,7-14H2,1H3,(H,20,22). The predicted molar refractivity (Wildman–Crippen MR) is 96.2 cm³/mol. The first-order valence-electron chi connectivity index (χ1n) is 8.88. The van der Waals surface area contributed by atoms with Crippen LogP contribution in [0, 0.1) is 0 Å². The van der Waals surface area contributed by atoms with Crippen LogP contribution >= 0.6 is 0 Å². The number of ether oxygens (including phenoxy) is 1. The summed E-state index contributed by atoms with van der Waals surface area (Å²) in [7, 11) is 1.68. The fraction of sp³-hybridized carbons (Fsp3) is 0.556. The number of anilines is 1. The second-order valence-corrected chi connectivity index (χ2v) is 6.35. The van der Waals surface area contributed by atoms with E-state index in [-0.39, 0.29) is 0 Å². The normalized spacial score (nSPS) is 16.2. The molecule has 0 atom stereocenters. The second-order valence-electron chi connectivity index (χ2n) is 6.35. The molecule has 7 nitrogen and oxygen atoms in total. The molecule has 0 unspecified atom stereocenters. The summed E-state index contributed by atoms with van der Waals surface area (Å²) in [6, 6.07) is 11.5. The molecule has 1 fully saturated rings. The molecule has 1 aliphatic rings. The molecular formula is C18H27N5O2. The summed E-state index contributed by atoms with van der Waals surface area (Å²) in [6.07, 6.45) is 2.16. The number of nitrogens with zero attached hydrogens (tertiary/aromatic N) is 3. The number of benzene rings is 1. The van der Waals surface area contributed by atoms with Crippen molar-refractivity contribution in [2.24, 2.45) is 0 Å². The highest BCUT2D eigenvalue weighted by Crippen LogP contribution is 2.17. The lowest BCUT2D eigenvalue weighted by atomic mass is 10.0. The number of likely N-dealkylation sites (tertiary alicyclic amines) is 1. The zero-order chi connectivity index (χ0) is 17.3. The van der Waals surface area contributed by atoms with E-state index >= 15 is 0 Å². The van der Waals surface area contributed by atoms with E-state index in [0.717, 1.165) is 39.0 Å². The molecule has 0 bridgehead atoms. The molecule has 0 radical (unpaired) electrons. The van der Waals surface area contributed by atoms with Gasteiger partial charge in [-0.15, -0.1) is 5.10 Å². The third kappa shape index (κ3) is 5.81. The Morgan fingerprint density at radius 3 is 2.76 bits per heavy atom. The molecule has 2 aromatic rings. The van der Waals surface area contributed by atoms with E-state index in [0.29, 0.717) is 31.1 Å². The molecule has 1 aromatic carbocycles. The Bertz CT molecular complexity index is 611. The van der Waals surface area contributed by atoms with Crippen molar-refractivity contribution in [2.75, 3.05) is 38.7 Å². The fourth-order valence-corrected chi connectivity index (χ4v) is 3.00. The van der Waals surface area contributed by atoms with Gasteiger partial charge < -0.3 is 19.8 Å². The van der Waals surface area contributed by atoms with Crippen molar-refractivity contribution in [1.82, 2.24) is 20.4 Å². The van der Waals surface area contributed by atoms with Crippen LogP contribution in [0.4, 0.5) is 6.01 Å². The van der Waals surface area contributed by atoms with Gasteiger partial charge in [0.05, 0.1) is 13.2 Å². The molecule has 1 aromatic heterocycles. The van der Waals surface area contributed by atoms with E-state index in [1.807, 2.05) is 0 Å². The third-order valence-electron chi connectivity index (χ3n) is 4.39. The maximum atomic E-state index is 5.64. The minimum atomic E-state index is 0.391. The van der Waals surface area contributed by atoms with Crippen LogP contribution in [-0.4, -0.2) is 54.5 Å². The lowest BCUT2D eigenvalue weighted by molar-refractivity contribution is 0.198. The summed E-state index contributed by atoms with van der Waals surface area (Å²) in [5.41, 5.74) is 1.37. The zero-order valence-electron chi connectivity index (χ0n) is 14.8. The molecular weight excluding hydrogens is 318 g/mol. The SMILES string of the molecule is COCCNCc1nnc(NC2CCN(Cc3ccccc3)CC2)o1. The number of methoxy groups -OCH3 is 1. The molecule has 2 N–H and O–H groups in total. The van der Waals surface area contributed by atoms with Gasteiger partial charge in [0, 0.05) is 39.3 Å². The average molecular weight is 345 g/mol. The van der Waals surface area contributed by atoms with Gasteiger partial charge in [-0.1, -0.05) is 35.4 Å². The van der Waals surface area contributed by atoms with Gasteiger partial charge in [0.2, 0.25) is 5.89 Å². The lowest BCUT2D eigenvalue weighted by Crippen LogP contribution is -2.38. The minimum Gasteiger partial charge on any atom is -0.407 e. The van der Waals surface area contributed by atoms with Crippen LogP contribution in [0.5, 0.6) is 0 Å². The highest BCUT2D eigenvalue weighted by Gasteiger charge is 2.20. The van der Waals surface area contributed by atoms with E-state index in [1.165, 1.54) is 5.56 Å². The summed E-state index contributed by atoms with van der Waals surface area (Å²) in [5, 5.41) is 14.7. The molecule has 7 heteroatoms. The van der Waals surface area contributed by atoms with Crippen LogP contribution in [0.1, 0.15) is 24.3 Å². The van der Waals surface area contributed by atoms with E-state index in [2.05, 4.69) is 56.1 Å². The summed E-state index contributed by atoms with van der Waals surface area (Å²) < 4.78 is 10.6. The molecule has 136 valence electrons. The Morgan fingerprint density at radius 2 is 2.00 bits per heavy atom. The maximum absolute atomic E-state index is 5.64. The Hall–Kier alpha value is -1.96. The van der Waals surface area contributed by atoms with Crippen LogP contribution in [0.25, 0.3) is 0 Å². The first kappa shape index (κ1) is 17.8. The summed E-state index contributed by atoms with van der Waals surface area (Å²) in [6.45, 7) is 5.17. The average Bonchev–Trinajstić information content (AvgIpc) is 3.09. The zero-order valence-corrected chi connectivity index (χ0v) is 14.8. The van der Waals surface area contributed by atoms with Crippen LogP contribution < -0.4 is 10.6 Å². The van der Waals surface area contributed by atoms with Gasteiger partial charge in [-0.2, -0.15) is 0 Å². The van der Waals surface area contributed by atoms with Gasteiger partial charge in [-0.3, -0.25) is 4.90 Å². The summed E-state index contributed by atoms with van der Waals surface area (Å²) in [5.74, 6) is 0.597. The number of hydrogen-bond donors (Lipinski definition) is 2. The Labute approximate surface area is 148 Å². The van der Waals surface area contributed by atoms with Gasteiger partial charge in [0.15, 0.2) is 0 Å². The Kier molecular flexibility index (Phi) is 6.79. The van der Waals surface area contributed by atoms with Crippen LogP contribution in [0.2, 0.25) is 0 Å². The molecule has 3 rings (SSSR count). The van der Waals surface area contributed by atoms with Crippen molar-refractivity contribution in [3.8, 4) is 0 Å². The van der Waals surface area contributed by atoms with Gasteiger partial charge in [-0.05, 0) is 18.4 Å². The van der Waals surface area contributed by atoms with E-state index < -0.39 is 0 Å².